The Hall–Kier alpha value is -3.51. The first-order chi connectivity index (χ1) is 15.5. The molecule has 3 aromatic carbocycles. The maximum Gasteiger partial charge on any atom is 0.264 e. The molecule has 1 N–H and O–H groups in total. The first-order valence-corrected chi connectivity index (χ1v) is 11.0. The van der Waals surface area contributed by atoms with Gasteiger partial charge in [-0.3, -0.25) is 4.79 Å². The fourth-order valence-electron chi connectivity index (χ4n) is 3.17. The molecule has 0 aromatic heterocycles. The number of aryl methyl sites for hydroxylation is 2. The number of nitrogens with one attached hydrogen (secondary N) is 1. The van der Waals surface area contributed by atoms with Gasteiger partial charge in [0.05, 0.1) is 17.7 Å². The predicted molar refractivity (Wildman–Crippen MR) is 130 cm³/mol. The molecule has 1 aliphatic rings. The van der Waals surface area contributed by atoms with Gasteiger partial charge in [-0.25, -0.2) is 4.99 Å². The minimum absolute atomic E-state index is 0.166. The second-order valence-electron chi connectivity index (χ2n) is 7.43. The third-order valence-electron chi connectivity index (χ3n) is 5.09. The molecule has 1 saturated heterocycles. The summed E-state index contributed by atoms with van der Waals surface area (Å²) in [6.45, 7) is 4.56. The Morgan fingerprint density at radius 3 is 2.53 bits per heavy atom. The number of carbonyl (C=O) groups is 1. The Balaban J connectivity index is 1.49. The van der Waals surface area contributed by atoms with Crippen LogP contribution in [0.1, 0.15) is 22.3 Å². The van der Waals surface area contributed by atoms with Crippen LogP contribution < -0.4 is 14.8 Å². The molecule has 0 aliphatic carbocycles. The second kappa shape index (κ2) is 9.75. The number of methoxy groups -OCH3 is 1. The molecule has 162 valence electrons. The fourth-order valence-corrected chi connectivity index (χ4v) is 4.01. The molecule has 0 spiro atoms. The number of hydrogen-bond acceptors (Lipinski definition) is 5. The van der Waals surface area contributed by atoms with Gasteiger partial charge < -0.3 is 14.8 Å². The average molecular weight is 445 g/mol. The molecule has 5 nitrogen and oxygen atoms in total. The van der Waals surface area contributed by atoms with Crippen LogP contribution in [0.5, 0.6) is 11.5 Å². The Morgan fingerprint density at radius 1 is 0.969 bits per heavy atom. The van der Waals surface area contributed by atoms with Crippen molar-refractivity contribution in [1.29, 1.82) is 0 Å². The summed E-state index contributed by atoms with van der Waals surface area (Å²) in [4.78, 5) is 17.6. The summed E-state index contributed by atoms with van der Waals surface area (Å²) in [5, 5.41) is 3.40. The van der Waals surface area contributed by atoms with Crippen molar-refractivity contribution in [1.82, 2.24) is 5.32 Å². The van der Waals surface area contributed by atoms with E-state index in [1.165, 1.54) is 22.9 Å². The zero-order valence-electron chi connectivity index (χ0n) is 18.2. The molecular formula is C26H24N2O3S. The van der Waals surface area contributed by atoms with Gasteiger partial charge in [0.15, 0.2) is 16.7 Å². The number of carbonyl (C=O) groups excluding carboxylic acids is 1. The van der Waals surface area contributed by atoms with E-state index in [1.807, 2.05) is 79.7 Å². The highest BCUT2D eigenvalue weighted by Crippen LogP contribution is 2.33. The SMILES string of the molecule is COc1cc(/C=C2\SC(=Nc3ccc(C)c(C)c3)NC2=O)ccc1OCc1ccccc1. The average Bonchev–Trinajstić information content (AvgIpc) is 3.14. The summed E-state index contributed by atoms with van der Waals surface area (Å²) in [7, 11) is 1.60. The van der Waals surface area contributed by atoms with Crippen LogP contribution in [0.15, 0.2) is 76.6 Å². The standard InChI is InChI=1S/C26H24N2O3S/c1-17-9-11-21(13-18(17)2)27-26-28-25(29)24(32-26)15-20-10-12-22(23(14-20)30-3)31-16-19-7-5-4-6-8-19/h4-15H,16H2,1-3H3,(H,27,28,29)/b24-15-. The lowest BCUT2D eigenvalue weighted by atomic mass is 10.1. The van der Waals surface area contributed by atoms with Crippen molar-refractivity contribution in [3.8, 4) is 11.5 Å². The van der Waals surface area contributed by atoms with Gasteiger partial charge in [0.25, 0.3) is 5.91 Å². The normalized spacial score (nSPS) is 15.8. The van der Waals surface area contributed by atoms with Crippen molar-refractivity contribution >= 4 is 34.6 Å². The smallest absolute Gasteiger partial charge is 0.264 e. The summed E-state index contributed by atoms with van der Waals surface area (Å²) in [6, 6.07) is 21.6. The minimum Gasteiger partial charge on any atom is -0.493 e. The van der Waals surface area contributed by atoms with E-state index in [9.17, 15) is 4.79 Å². The van der Waals surface area contributed by atoms with Crippen LogP contribution in [-0.4, -0.2) is 18.2 Å². The lowest BCUT2D eigenvalue weighted by Crippen LogP contribution is -2.19. The second-order valence-corrected chi connectivity index (χ2v) is 8.47. The number of amides is 1. The van der Waals surface area contributed by atoms with E-state index in [4.69, 9.17) is 9.47 Å². The number of amidine groups is 1. The van der Waals surface area contributed by atoms with E-state index < -0.39 is 0 Å². The van der Waals surface area contributed by atoms with Gasteiger partial charge in [-0.05, 0) is 78.2 Å². The van der Waals surface area contributed by atoms with Gasteiger partial charge in [-0.1, -0.05) is 42.5 Å². The van der Waals surface area contributed by atoms with Crippen LogP contribution >= 0.6 is 11.8 Å². The monoisotopic (exact) mass is 444 g/mol. The summed E-state index contributed by atoms with van der Waals surface area (Å²) >= 11 is 1.32. The van der Waals surface area contributed by atoms with Gasteiger partial charge >= 0.3 is 0 Å². The van der Waals surface area contributed by atoms with Crippen molar-refractivity contribution in [3.63, 3.8) is 0 Å². The van der Waals surface area contributed by atoms with E-state index in [1.54, 1.807) is 7.11 Å². The summed E-state index contributed by atoms with van der Waals surface area (Å²) in [6.07, 6.45) is 1.83. The maximum atomic E-state index is 12.4. The number of benzene rings is 3. The number of ether oxygens (including phenoxy) is 2. The number of hydrogen-bond donors (Lipinski definition) is 1. The van der Waals surface area contributed by atoms with Crippen molar-refractivity contribution in [2.75, 3.05) is 7.11 Å². The third-order valence-corrected chi connectivity index (χ3v) is 6.00. The third kappa shape index (κ3) is 5.21. The van der Waals surface area contributed by atoms with Gasteiger partial charge in [0, 0.05) is 0 Å². The van der Waals surface area contributed by atoms with E-state index in [2.05, 4.69) is 17.2 Å². The highest BCUT2D eigenvalue weighted by atomic mass is 32.2. The summed E-state index contributed by atoms with van der Waals surface area (Å²) < 4.78 is 11.4. The van der Waals surface area contributed by atoms with Crippen molar-refractivity contribution < 1.29 is 14.3 Å². The zero-order valence-corrected chi connectivity index (χ0v) is 19.0. The molecule has 1 amide bonds. The molecule has 0 atom stereocenters. The Bertz CT molecular complexity index is 1200. The van der Waals surface area contributed by atoms with E-state index >= 15 is 0 Å². The molecule has 0 radical (unpaired) electrons. The molecule has 6 heteroatoms. The van der Waals surface area contributed by atoms with Crippen LogP contribution in [0, 0.1) is 13.8 Å². The fraction of sp³-hybridized carbons (Fsp3) is 0.154. The molecule has 3 aromatic rings. The Morgan fingerprint density at radius 2 is 1.78 bits per heavy atom. The van der Waals surface area contributed by atoms with E-state index in [0.717, 1.165) is 16.8 Å². The number of nitrogens with zero attached hydrogens (tertiary/aromatic N) is 1. The van der Waals surface area contributed by atoms with Gasteiger partial charge in [-0.2, -0.15) is 0 Å². The first kappa shape index (κ1) is 21.7. The molecular weight excluding hydrogens is 420 g/mol. The number of thioether (sulfide) groups is 1. The Labute approximate surface area is 192 Å². The Kier molecular flexibility index (Phi) is 6.61. The van der Waals surface area contributed by atoms with Crippen LogP contribution in [-0.2, 0) is 11.4 Å². The highest BCUT2D eigenvalue weighted by molar-refractivity contribution is 8.18. The molecule has 0 bridgehead atoms. The van der Waals surface area contributed by atoms with Crippen LogP contribution in [0.25, 0.3) is 6.08 Å². The van der Waals surface area contributed by atoms with Crippen LogP contribution in [0.4, 0.5) is 5.69 Å². The molecule has 0 unspecified atom stereocenters. The van der Waals surface area contributed by atoms with Gasteiger partial charge in [0.2, 0.25) is 0 Å². The molecule has 4 rings (SSSR count). The van der Waals surface area contributed by atoms with Crippen molar-refractivity contribution in [2.45, 2.75) is 20.5 Å². The van der Waals surface area contributed by atoms with Crippen LogP contribution in [0.2, 0.25) is 0 Å². The maximum absolute atomic E-state index is 12.4. The minimum atomic E-state index is -0.166. The number of aliphatic imine (C=N–C) groups is 1. The molecule has 1 aliphatic heterocycles. The zero-order chi connectivity index (χ0) is 22.5. The van der Waals surface area contributed by atoms with Crippen LogP contribution in [0.3, 0.4) is 0 Å². The number of rotatable bonds is 6. The molecule has 1 heterocycles. The largest absolute Gasteiger partial charge is 0.493 e. The summed E-state index contributed by atoms with van der Waals surface area (Å²) in [5.74, 6) is 1.10. The predicted octanol–water partition coefficient (Wildman–Crippen LogP) is 5.78. The highest BCUT2D eigenvalue weighted by Gasteiger charge is 2.24. The van der Waals surface area contributed by atoms with Crippen molar-refractivity contribution in [3.05, 3.63) is 93.9 Å². The van der Waals surface area contributed by atoms with E-state index in [-0.39, 0.29) is 5.91 Å². The first-order valence-electron chi connectivity index (χ1n) is 10.2. The lowest BCUT2D eigenvalue weighted by molar-refractivity contribution is -0.115. The van der Waals surface area contributed by atoms with Gasteiger partial charge in [0.1, 0.15) is 6.61 Å². The molecule has 1 fully saturated rings. The quantitative estimate of drug-likeness (QED) is 0.490. The topological polar surface area (TPSA) is 59.9 Å². The lowest BCUT2D eigenvalue weighted by Gasteiger charge is -2.11. The molecule has 0 saturated carbocycles. The van der Waals surface area contributed by atoms with Gasteiger partial charge in [-0.15, -0.1) is 0 Å². The molecule has 32 heavy (non-hydrogen) atoms. The van der Waals surface area contributed by atoms with E-state index in [0.29, 0.717) is 28.2 Å². The van der Waals surface area contributed by atoms with Crippen molar-refractivity contribution in [2.24, 2.45) is 4.99 Å². The summed E-state index contributed by atoms with van der Waals surface area (Å²) in [5.41, 5.74) is 5.12.